The predicted molar refractivity (Wildman–Crippen MR) is 104 cm³/mol. The van der Waals surface area contributed by atoms with Crippen LogP contribution in [0, 0.1) is 10.1 Å². The highest BCUT2D eigenvalue weighted by Crippen LogP contribution is 2.32. The molecule has 0 saturated carbocycles. The van der Waals surface area contributed by atoms with Gasteiger partial charge in [0, 0.05) is 25.2 Å². The third-order valence-electron chi connectivity index (χ3n) is 4.27. The first-order valence-corrected chi connectivity index (χ1v) is 11.1. The highest BCUT2D eigenvalue weighted by atomic mass is 32.2. The van der Waals surface area contributed by atoms with Gasteiger partial charge < -0.3 is 9.64 Å². The van der Waals surface area contributed by atoms with Crippen LogP contribution in [0.2, 0.25) is 0 Å². The summed E-state index contributed by atoms with van der Waals surface area (Å²) in [6, 6.07) is 4.08. The first-order chi connectivity index (χ1) is 13.0. The Labute approximate surface area is 166 Å². The number of benzene rings is 1. The molecule has 1 saturated heterocycles. The van der Waals surface area contributed by atoms with Crippen LogP contribution in [0.25, 0.3) is 10.2 Å². The van der Waals surface area contributed by atoms with E-state index < -0.39 is 31.7 Å². The van der Waals surface area contributed by atoms with Crippen LogP contribution >= 0.6 is 11.3 Å². The number of amides is 1. The summed E-state index contributed by atoms with van der Waals surface area (Å²) in [6.45, 7) is 5.73. The number of aromatic nitrogens is 1. The summed E-state index contributed by atoms with van der Waals surface area (Å²) in [5.74, 6) is 0. The molecule has 9 nitrogen and oxygen atoms in total. The Morgan fingerprint density at radius 2 is 2.11 bits per heavy atom. The number of hydrogen-bond donors (Lipinski definition) is 0. The van der Waals surface area contributed by atoms with Crippen molar-refractivity contribution in [3.63, 3.8) is 0 Å². The molecule has 152 valence electrons. The molecule has 1 atom stereocenters. The average molecular weight is 428 g/mol. The number of sulfone groups is 1. The minimum Gasteiger partial charge on any atom is -0.444 e. The van der Waals surface area contributed by atoms with Crippen LogP contribution in [0.3, 0.4) is 0 Å². The van der Waals surface area contributed by atoms with Crippen LogP contribution in [0.15, 0.2) is 22.5 Å². The second-order valence-corrected chi connectivity index (χ2v) is 11.1. The molecule has 0 unspecified atom stereocenters. The maximum Gasteiger partial charge on any atom is 0.410 e. The van der Waals surface area contributed by atoms with E-state index >= 15 is 0 Å². The van der Waals surface area contributed by atoms with E-state index in [1.54, 1.807) is 20.8 Å². The summed E-state index contributed by atoms with van der Waals surface area (Å²) in [4.78, 5) is 28.2. The molecule has 1 aliphatic heterocycles. The van der Waals surface area contributed by atoms with Crippen LogP contribution in [0.5, 0.6) is 0 Å². The van der Waals surface area contributed by atoms with E-state index in [4.69, 9.17) is 4.74 Å². The fourth-order valence-electron chi connectivity index (χ4n) is 2.96. The van der Waals surface area contributed by atoms with Crippen molar-refractivity contribution < 1.29 is 22.9 Å². The first-order valence-electron chi connectivity index (χ1n) is 8.74. The van der Waals surface area contributed by atoms with Gasteiger partial charge in [0.25, 0.3) is 5.69 Å². The monoisotopic (exact) mass is 427 g/mol. The number of hydrogen-bond acceptors (Lipinski definition) is 8. The SMILES string of the molecule is CC(C)(C)OC(=O)N1CCC[C@@H](S(=O)(=O)c2nc3cc([N+](=O)[O-])ccc3s2)C1. The summed E-state index contributed by atoms with van der Waals surface area (Å²) < 4.78 is 31.9. The summed E-state index contributed by atoms with van der Waals surface area (Å²) in [6.07, 6.45) is 0.421. The molecule has 0 spiro atoms. The molecule has 2 aromatic rings. The maximum atomic E-state index is 13.1. The van der Waals surface area contributed by atoms with Gasteiger partial charge in [-0.2, -0.15) is 0 Å². The van der Waals surface area contributed by atoms with Gasteiger partial charge in [-0.25, -0.2) is 18.2 Å². The molecule has 11 heteroatoms. The molecule has 1 aromatic heterocycles. The zero-order chi connectivity index (χ0) is 20.7. The Kier molecular flexibility index (Phi) is 5.32. The third-order valence-corrected chi connectivity index (χ3v) is 7.89. The number of piperidine rings is 1. The summed E-state index contributed by atoms with van der Waals surface area (Å²) >= 11 is 0.982. The number of nitrogens with zero attached hydrogens (tertiary/aromatic N) is 3. The van der Waals surface area contributed by atoms with Crippen molar-refractivity contribution in [2.75, 3.05) is 13.1 Å². The van der Waals surface area contributed by atoms with Crippen molar-refractivity contribution in [2.45, 2.75) is 48.8 Å². The lowest BCUT2D eigenvalue weighted by Gasteiger charge is -2.33. The lowest BCUT2D eigenvalue weighted by atomic mass is 10.1. The standard InChI is InChI=1S/C17H21N3O6S2/c1-17(2,3)26-16(21)19-8-4-5-12(10-19)28(24,25)15-18-13-9-11(20(22)23)6-7-14(13)27-15/h6-7,9,12H,4-5,8,10H2,1-3H3/t12-/m1/s1. The normalized spacial score (nSPS) is 18.2. The van der Waals surface area contributed by atoms with E-state index in [0.717, 1.165) is 11.3 Å². The Morgan fingerprint density at radius 1 is 1.39 bits per heavy atom. The average Bonchev–Trinajstić information content (AvgIpc) is 3.04. The molecule has 0 radical (unpaired) electrons. The number of carbonyl (C=O) groups excluding carboxylic acids is 1. The Balaban J connectivity index is 1.84. The van der Waals surface area contributed by atoms with E-state index in [1.807, 2.05) is 0 Å². The largest absolute Gasteiger partial charge is 0.444 e. The number of likely N-dealkylation sites (tertiary alicyclic amines) is 1. The van der Waals surface area contributed by atoms with Crippen molar-refractivity contribution in [3.8, 4) is 0 Å². The van der Waals surface area contributed by atoms with E-state index in [2.05, 4.69) is 4.98 Å². The Bertz CT molecular complexity index is 1030. The fourth-order valence-corrected chi connectivity index (χ4v) is 6.14. The van der Waals surface area contributed by atoms with Gasteiger partial charge in [-0.3, -0.25) is 10.1 Å². The molecule has 1 aliphatic rings. The van der Waals surface area contributed by atoms with Crippen molar-refractivity contribution in [3.05, 3.63) is 28.3 Å². The molecule has 1 aromatic carbocycles. The lowest BCUT2D eigenvalue weighted by Crippen LogP contribution is -2.47. The molecule has 28 heavy (non-hydrogen) atoms. The first kappa shape index (κ1) is 20.5. The van der Waals surface area contributed by atoms with Gasteiger partial charge in [-0.05, 0) is 39.7 Å². The Morgan fingerprint density at radius 3 is 2.75 bits per heavy atom. The smallest absolute Gasteiger partial charge is 0.410 e. The lowest BCUT2D eigenvalue weighted by molar-refractivity contribution is -0.384. The van der Waals surface area contributed by atoms with Crippen LogP contribution in [-0.4, -0.2) is 53.3 Å². The number of fused-ring (bicyclic) bond motifs is 1. The quantitative estimate of drug-likeness (QED) is 0.544. The van der Waals surface area contributed by atoms with Crippen molar-refractivity contribution >= 4 is 43.2 Å². The van der Waals surface area contributed by atoms with Gasteiger partial charge in [0.2, 0.25) is 14.2 Å². The molecule has 0 aliphatic carbocycles. The number of carbonyl (C=O) groups is 1. The molecule has 1 fully saturated rings. The van der Waals surface area contributed by atoms with E-state index in [9.17, 15) is 23.3 Å². The van der Waals surface area contributed by atoms with E-state index in [1.165, 1.54) is 23.1 Å². The van der Waals surface area contributed by atoms with E-state index in [-0.39, 0.29) is 22.1 Å². The molecular formula is C17H21N3O6S2. The molecule has 3 rings (SSSR count). The summed E-state index contributed by atoms with van der Waals surface area (Å²) in [5, 5.41) is 10.1. The fraction of sp³-hybridized carbons (Fsp3) is 0.529. The van der Waals surface area contributed by atoms with Crippen LogP contribution in [-0.2, 0) is 14.6 Å². The third kappa shape index (κ3) is 4.25. The van der Waals surface area contributed by atoms with Gasteiger partial charge in [-0.15, -0.1) is 11.3 Å². The summed E-state index contributed by atoms with van der Waals surface area (Å²) in [7, 11) is -3.78. The van der Waals surface area contributed by atoms with Crippen LogP contribution in [0.1, 0.15) is 33.6 Å². The maximum absolute atomic E-state index is 13.1. The van der Waals surface area contributed by atoms with Gasteiger partial charge in [0.1, 0.15) is 5.60 Å². The van der Waals surface area contributed by atoms with Gasteiger partial charge in [-0.1, -0.05) is 0 Å². The molecule has 0 bridgehead atoms. The number of nitro benzene ring substituents is 1. The molecule has 0 N–H and O–H groups in total. The highest BCUT2D eigenvalue weighted by molar-refractivity contribution is 7.94. The predicted octanol–water partition coefficient (Wildman–Crippen LogP) is 3.38. The zero-order valence-electron chi connectivity index (χ0n) is 15.7. The number of ether oxygens (including phenoxy) is 1. The topological polar surface area (TPSA) is 120 Å². The molecular weight excluding hydrogens is 406 g/mol. The van der Waals surface area contributed by atoms with E-state index in [0.29, 0.717) is 24.1 Å². The second kappa shape index (κ2) is 7.28. The number of nitro groups is 1. The molecule has 1 amide bonds. The van der Waals surface area contributed by atoms with Gasteiger partial charge in [0.15, 0.2) is 0 Å². The van der Waals surface area contributed by atoms with Crippen molar-refractivity contribution in [2.24, 2.45) is 0 Å². The second-order valence-electron chi connectivity index (χ2n) is 7.62. The minimum absolute atomic E-state index is 0.0350. The van der Waals surface area contributed by atoms with Crippen molar-refractivity contribution in [1.29, 1.82) is 0 Å². The number of thiazole rings is 1. The van der Waals surface area contributed by atoms with Crippen LogP contribution < -0.4 is 0 Å². The van der Waals surface area contributed by atoms with Gasteiger partial charge >= 0.3 is 6.09 Å². The summed E-state index contributed by atoms with van der Waals surface area (Å²) in [5.41, 5.74) is -0.530. The highest BCUT2D eigenvalue weighted by Gasteiger charge is 2.37. The Hall–Kier alpha value is -2.27. The minimum atomic E-state index is -3.78. The van der Waals surface area contributed by atoms with Crippen molar-refractivity contribution in [1.82, 2.24) is 9.88 Å². The number of rotatable bonds is 3. The van der Waals surface area contributed by atoms with Crippen LogP contribution in [0.4, 0.5) is 10.5 Å². The zero-order valence-corrected chi connectivity index (χ0v) is 17.4. The molecule has 2 heterocycles. The number of non-ortho nitro benzene ring substituents is 1. The van der Waals surface area contributed by atoms with Gasteiger partial charge in [0.05, 0.1) is 20.4 Å².